The minimum Gasteiger partial charge on any atom is -0.492 e. The summed E-state index contributed by atoms with van der Waals surface area (Å²) in [5.74, 6) is -1.17. The third-order valence-corrected chi connectivity index (χ3v) is 4.69. The van der Waals surface area contributed by atoms with Crippen LogP contribution in [0.15, 0.2) is 60.3 Å². The second-order valence-corrected chi connectivity index (χ2v) is 8.12. The standard InChI is InChI=1S/C25H30N2O6/c1-25(2,3)17-10-12-18(13-11-17)33-15-14-26-23(29)19-8-6-7-9-20(19)27-21(24(30)32-5)16-22(28)31-4/h6-13,16,27H,14-15H2,1-5H3,(H,26,29)/b21-16+. The maximum atomic E-state index is 12.7. The van der Waals surface area contributed by atoms with Crippen molar-refractivity contribution in [2.45, 2.75) is 26.2 Å². The lowest BCUT2D eigenvalue weighted by atomic mass is 9.87. The highest BCUT2D eigenvalue weighted by Crippen LogP contribution is 2.24. The maximum Gasteiger partial charge on any atom is 0.354 e. The summed E-state index contributed by atoms with van der Waals surface area (Å²) in [4.78, 5) is 36.3. The zero-order valence-electron chi connectivity index (χ0n) is 19.6. The molecule has 8 nitrogen and oxygen atoms in total. The molecule has 8 heteroatoms. The first-order chi connectivity index (χ1) is 15.7. The van der Waals surface area contributed by atoms with E-state index >= 15 is 0 Å². The van der Waals surface area contributed by atoms with Crippen molar-refractivity contribution < 1.29 is 28.6 Å². The van der Waals surface area contributed by atoms with Crippen molar-refractivity contribution in [2.75, 3.05) is 32.7 Å². The van der Waals surface area contributed by atoms with Crippen molar-refractivity contribution >= 4 is 23.5 Å². The van der Waals surface area contributed by atoms with Crippen LogP contribution in [0.2, 0.25) is 0 Å². The van der Waals surface area contributed by atoms with Crippen LogP contribution < -0.4 is 15.4 Å². The van der Waals surface area contributed by atoms with Gasteiger partial charge in [0.25, 0.3) is 5.91 Å². The third kappa shape index (κ3) is 7.68. The smallest absolute Gasteiger partial charge is 0.354 e. The summed E-state index contributed by atoms with van der Waals surface area (Å²) < 4.78 is 14.9. The molecule has 0 bridgehead atoms. The maximum absolute atomic E-state index is 12.7. The number of para-hydroxylation sites is 1. The number of esters is 2. The van der Waals surface area contributed by atoms with Gasteiger partial charge >= 0.3 is 11.9 Å². The number of ether oxygens (including phenoxy) is 3. The molecule has 0 heterocycles. The molecule has 0 fully saturated rings. The van der Waals surface area contributed by atoms with Gasteiger partial charge in [-0.05, 0) is 35.2 Å². The Hall–Kier alpha value is -3.81. The molecule has 0 aliphatic carbocycles. The van der Waals surface area contributed by atoms with E-state index in [1.807, 2.05) is 24.3 Å². The average molecular weight is 455 g/mol. The zero-order valence-corrected chi connectivity index (χ0v) is 19.6. The molecule has 2 aromatic carbocycles. The number of methoxy groups -OCH3 is 2. The van der Waals surface area contributed by atoms with Crippen LogP contribution in [0.3, 0.4) is 0 Å². The molecular weight excluding hydrogens is 424 g/mol. The van der Waals surface area contributed by atoms with E-state index in [4.69, 9.17) is 4.74 Å². The number of carbonyl (C=O) groups excluding carboxylic acids is 3. The average Bonchev–Trinajstić information content (AvgIpc) is 2.80. The predicted molar refractivity (Wildman–Crippen MR) is 125 cm³/mol. The van der Waals surface area contributed by atoms with Crippen LogP contribution in [-0.4, -0.2) is 45.2 Å². The number of hydrogen-bond acceptors (Lipinski definition) is 7. The van der Waals surface area contributed by atoms with E-state index in [-0.39, 0.29) is 35.7 Å². The first-order valence-electron chi connectivity index (χ1n) is 10.4. The topological polar surface area (TPSA) is 103 Å². The summed E-state index contributed by atoms with van der Waals surface area (Å²) in [6.45, 7) is 6.99. The number of nitrogens with one attached hydrogen (secondary N) is 2. The molecule has 0 unspecified atom stereocenters. The van der Waals surface area contributed by atoms with Crippen molar-refractivity contribution in [3.63, 3.8) is 0 Å². The fourth-order valence-electron chi connectivity index (χ4n) is 2.85. The molecule has 0 saturated heterocycles. The van der Waals surface area contributed by atoms with Crippen LogP contribution in [0.4, 0.5) is 5.69 Å². The van der Waals surface area contributed by atoms with Gasteiger partial charge in [0.05, 0.1) is 38.1 Å². The second-order valence-electron chi connectivity index (χ2n) is 8.12. The van der Waals surface area contributed by atoms with Gasteiger partial charge in [0.15, 0.2) is 0 Å². The molecular formula is C25H30N2O6. The lowest BCUT2D eigenvalue weighted by Gasteiger charge is -2.19. The van der Waals surface area contributed by atoms with Gasteiger partial charge in [-0.3, -0.25) is 4.79 Å². The van der Waals surface area contributed by atoms with Gasteiger partial charge in [-0.1, -0.05) is 45.0 Å². The molecule has 0 spiro atoms. The van der Waals surface area contributed by atoms with Gasteiger partial charge in [-0.15, -0.1) is 0 Å². The van der Waals surface area contributed by atoms with Crippen molar-refractivity contribution in [2.24, 2.45) is 0 Å². The molecule has 176 valence electrons. The number of anilines is 1. The Bertz CT molecular complexity index is 1010. The first-order valence-corrected chi connectivity index (χ1v) is 10.4. The van der Waals surface area contributed by atoms with Crippen LogP contribution in [0.1, 0.15) is 36.7 Å². The highest BCUT2D eigenvalue weighted by molar-refractivity contribution is 6.03. The lowest BCUT2D eigenvalue weighted by Crippen LogP contribution is -2.29. The van der Waals surface area contributed by atoms with Gasteiger partial charge in [0, 0.05) is 0 Å². The Morgan fingerprint density at radius 1 is 0.939 bits per heavy atom. The van der Waals surface area contributed by atoms with Crippen LogP contribution in [-0.2, 0) is 24.5 Å². The summed E-state index contributed by atoms with van der Waals surface area (Å²) in [5, 5.41) is 5.55. The summed E-state index contributed by atoms with van der Waals surface area (Å²) in [7, 11) is 2.38. The Labute approximate surface area is 193 Å². The van der Waals surface area contributed by atoms with Crippen molar-refractivity contribution in [1.82, 2.24) is 5.32 Å². The zero-order chi connectivity index (χ0) is 24.4. The van der Waals surface area contributed by atoms with Crippen molar-refractivity contribution in [3.05, 3.63) is 71.4 Å². The van der Waals surface area contributed by atoms with Crippen LogP contribution in [0.5, 0.6) is 5.75 Å². The van der Waals surface area contributed by atoms with Gasteiger partial charge < -0.3 is 24.8 Å². The molecule has 33 heavy (non-hydrogen) atoms. The molecule has 2 rings (SSSR count). The van der Waals surface area contributed by atoms with E-state index in [1.54, 1.807) is 24.3 Å². The van der Waals surface area contributed by atoms with E-state index in [2.05, 4.69) is 40.9 Å². The summed E-state index contributed by atoms with van der Waals surface area (Å²) in [6, 6.07) is 14.4. The molecule has 0 radical (unpaired) electrons. The Morgan fingerprint density at radius 3 is 2.21 bits per heavy atom. The minimum atomic E-state index is -0.776. The van der Waals surface area contributed by atoms with E-state index in [1.165, 1.54) is 19.8 Å². The fourth-order valence-corrected chi connectivity index (χ4v) is 2.85. The minimum absolute atomic E-state index is 0.0632. The summed E-state index contributed by atoms with van der Waals surface area (Å²) >= 11 is 0. The Balaban J connectivity index is 1.99. The van der Waals surface area contributed by atoms with E-state index in [0.29, 0.717) is 5.69 Å². The van der Waals surface area contributed by atoms with E-state index in [9.17, 15) is 14.4 Å². The fraction of sp³-hybridized carbons (Fsp3) is 0.320. The highest BCUT2D eigenvalue weighted by atomic mass is 16.5. The Morgan fingerprint density at radius 2 is 1.61 bits per heavy atom. The molecule has 0 aliphatic heterocycles. The van der Waals surface area contributed by atoms with E-state index in [0.717, 1.165) is 11.8 Å². The van der Waals surface area contributed by atoms with Crippen LogP contribution in [0, 0.1) is 0 Å². The van der Waals surface area contributed by atoms with E-state index < -0.39 is 11.9 Å². The Kier molecular flexibility index (Phi) is 9.03. The van der Waals surface area contributed by atoms with Gasteiger partial charge in [-0.25, -0.2) is 9.59 Å². The highest BCUT2D eigenvalue weighted by Gasteiger charge is 2.17. The van der Waals surface area contributed by atoms with Gasteiger partial charge in [-0.2, -0.15) is 0 Å². The molecule has 0 atom stereocenters. The third-order valence-electron chi connectivity index (χ3n) is 4.69. The molecule has 1 amide bonds. The SMILES string of the molecule is COC(=O)/C=C(/Nc1ccccc1C(=O)NCCOc1ccc(C(C)(C)C)cc1)C(=O)OC. The summed E-state index contributed by atoms with van der Waals surface area (Å²) in [6.07, 6.45) is 0.958. The molecule has 0 saturated carbocycles. The van der Waals surface area contributed by atoms with Crippen LogP contribution >= 0.6 is 0 Å². The number of benzene rings is 2. The van der Waals surface area contributed by atoms with Crippen LogP contribution in [0.25, 0.3) is 0 Å². The second kappa shape index (κ2) is 11.7. The van der Waals surface area contributed by atoms with Gasteiger partial charge in [0.1, 0.15) is 18.1 Å². The largest absolute Gasteiger partial charge is 0.492 e. The normalized spacial score (nSPS) is 11.4. The molecule has 0 aliphatic rings. The van der Waals surface area contributed by atoms with Crippen molar-refractivity contribution in [1.29, 1.82) is 0 Å². The number of rotatable bonds is 9. The first kappa shape index (κ1) is 25.5. The number of carbonyl (C=O) groups is 3. The predicted octanol–water partition coefficient (Wildman–Crippen LogP) is 3.43. The molecule has 2 N–H and O–H groups in total. The lowest BCUT2D eigenvalue weighted by molar-refractivity contribution is -0.138. The van der Waals surface area contributed by atoms with Crippen molar-refractivity contribution in [3.8, 4) is 5.75 Å². The molecule has 0 aromatic heterocycles. The monoisotopic (exact) mass is 454 g/mol. The number of hydrogen-bond donors (Lipinski definition) is 2. The summed E-state index contributed by atoms with van der Waals surface area (Å²) in [5.41, 5.74) is 1.72. The van der Waals surface area contributed by atoms with Gasteiger partial charge in [0.2, 0.25) is 0 Å². The molecule has 2 aromatic rings. The number of amides is 1. The quantitative estimate of drug-likeness (QED) is 0.340.